The van der Waals surface area contributed by atoms with Gasteiger partial charge >= 0.3 is 0 Å². The Hall–Kier alpha value is -3.28. The first-order chi connectivity index (χ1) is 12.5. The molecule has 1 amide bonds. The van der Waals surface area contributed by atoms with Crippen molar-refractivity contribution < 1.29 is 13.6 Å². The number of furan rings is 2. The maximum atomic E-state index is 12.8. The van der Waals surface area contributed by atoms with Crippen molar-refractivity contribution in [1.82, 2.24) is 15.1 Å². The quantitative estimate of drug-likeness (QED) is 0.586. The Labute approximate surface area is 150 Å². The zero-order chi connectivity index (χ0) is 18.3. The third kappa shape index (κ3) is 2.79. The number of aromatic nitrogens is 2. The molecule has 0 aliphatic heterocycles. The van der Waals surface area contributed by atoms with Crippen molar-refractivity contribution >= 4 is 16.9 Å². The highest BCUT2D eigenvalue weighted by Crippen LogP contribution is 2.28. The molecule has 0 aliphatic carbocycles. The van der Waals surface area contributed by atoms with Gasteiger partial charge in [0, 0.05) is 18.5 Å². The monoisotopic (exact) mass is 349 g/mol. The number of carbonyl (C=O) groups excluding carboxylic acids is 1. The second kappa shape index (κ2) is 6.22. The second-order valence-corrected chi connectivity index (χ2v) is 6.36. The zero-order valence-electron chi connectivity index (χ0n) is 14.8. The van der Waals surface area contributed by atoms with Gasteiger partial charge in [0.25, 0.3) is 5.91 Å². The summed E-state index contributed by atoms with van der Waals surface area (Å²) in [5, 5.41) is 8.01. The minimum atomic E-state index is -0.221. The number of para-hydroxylation sites is 1. The van der Waals surface area contributed by atoms with Crippen molar-refractivity contribution in [3.8, 4) is 11.5 Å². The van der Waals surface area contributed by atoms with E-state index in [2.05, 4.69) is 10.2 Å². The highest BCUT2D eigenvalue weighted by molar-refractivity contribution is 5.93. The lowest BCUT2D eigenvalue weighted by Gasteiger charge is -2.22. The Morgan fingerprint density at radius 3 is 2.69 bits per heavy atom. The van der Waals surface area contributed by atoms with E-state index in [-0.39, 0.29) is 11.9 Å². The van der Waals surface area contributed by atoms with Gasteiger partial charge in [-0.15, -0.1) is 0 Å². The summed E-state index contributed by atoms with van der Waals surface area (Å²) < 4.78 is 11.4. The van der Waals surface area contributed by atoms with Crippen molar-refractivity contribution in [2.45, 2.75) is 19.9 Å². The molecule has 0 saturated carbocycles. The van der Waals surface area contributed by atoms with Crippen LogP contribution in [0, 0.1) is 6.92 Å². The van der Waals surface area contributed by atoms with Crippen LogP contribution in [-0.4, -0.2) is 28.1 Å². The molecule has 0 radical (unpaired) electrons. The van der Waals surface area contributed by atoms with Crippen molar-refractivity contribution in [3.05, 3.63) is 65.7 Å². The van der Waals surface area contributed by atoms with Gasteiger partial charge in [-0.3, -0.25) is 9.89 Å². The molecule has 1 unspecified atom stereocenters. The molecule has 6 nitrogen and oxygen atoms in total. The van der Waals surface area contributed by atoms with E-state index in [0.717, 1.165) is 22.5 Å². The summed E-state index contributed by atoms with van der Waals surface area (Å²) in [5.41, 5.74) is 1.82. The Morgan fingerprint density at radius 1 is 1.15 bits per heavy atom. The van der Waals surface area contributed by atoms with Gasteiger partial charge in [-0.2, -0.15) is 5.10 Å². The van der Waals surface area contributed by atoms with Crippen LogP contribution in [0.5, 0.6) is 0 Å². The third-order valence-electron chi connectivity index (χ3n) is 4.56. The Kier molecular flexibility index (Phi) is 3.88. The number of carbonyl (C=O) groups is 1. The van der Waals surface area contributed by atoms with Gasteiger partial charge in [-0.25, -0.2) is 0 Å². The number of aromatic amines is 1. The maximum Gasteiger partial charge on any atom is 0.274 e. The minimum Gasteiger partial charge on any atom is -0.460 e. The molecule has 6 heteroatoms. The fourth-order valence-electron chi connectivity index (χ4n) is 2.89. The van der Waals surface area contributed by atoms with Crippen LogP contribution in [-0.2, 0) is 0 Å². The highest BCUT2D eigenvalue weighted by Gasteiger charge is 2.24. The van der Waals surface area contributed by atoms with Crippen LogP contribution in [0.15, 0.2) is 57.4 Å². The molecule has 0 aliphatic rings. The van der Waals surface area contributed by atoms with Crippen molar-refractivity contribution in [3.63, 3.8) is 0 Å². The van der Waals surface area contributed by atoms with E-state index >= 15 is 0 Å². The summed E-state index contributed by atoms with van der Waals surface area (Å²) in [5.74, 6) is 2.00. The molecule has 1 atom stereocenters. The number of H-pyrrole nitrogens is 1. The van der Waals surface area contributed by atoms with E-state index in [4.69, 9.17) is 8.83 Å². The molecule has 4 aromatic rings. The van der Waals surface area contributed by atoms with E-state index in [1.165, 1.54) is 0 Å². The molecule has 0 saturated heterocycles. The van der Waals surface area contributed by atoms with Crippen molar-refractivity contribution in [1.29, 1.82) is 0 Å². The Balaban J connectivity index is 1.56. The second-order valence-electron chi connectivity index (χ2n) is 6.36. The van der Waals surface area contributed by atoms with Crippen LogP contribution in [0.25, 0.3) is 22.4 Å². The summed E-state index contributed by atoms with van der Waals surface area (Å²) >= 11 is 0. The molecular weight excluding hydrogens is 330 g/mol. The molecule has 3 heterocycles. The summed E-state index contributed by atoms with van der Waals surface area (Å²) in [4.78, 5) is 14.4. The molecule has 26 heavy (non-hydrogen) atoms. The smallest absolute Gasteiger partial charge is 0.274 e. The van der Waals surface area contributed by atoms with Crippen LogP contribution in [0.4, 0.5) is 0 Å². The minimum absolute atomic E-state index is 0.191. The van der Waals surface area contributed by atoms with E-state index < -0.39 is 0 Å². The first kappa shape index (κ1) is 16.2. The van der Waals surface area contributed by atoms with Crippen molar-refractivity contribution in [2.75, 3.05) is 7.05 Å². The lowest BCUT2D eigenvalue weighted by Crippen LogP contribution is -2.29. The number of fused-ring (bicyclic) bond motifs is 1. The topological polar surface area (TPSA) is 75.3 Å². The van der Waals surface area contributed by atoms with E-state index in [1.54, 1.807) is 18.0 Å². The summed E-state index contributed by atoms with van der Waals surface area (Å²) in [7, 11) is 1.74. The van der Waals surface area contributed by atoms with Gasteiger partial charge < -0.3 is 13.7 Å². The van der Waals surface area contributed by atoms with E-state index in [9.17, 15) is 4.79 Å². The standard InChI is InChI=1S/C20H19N3O3/c1-12-8-9-18(25-12)15-11-16(22-21-15)20(24)23(3)13(2)19-10-14-6-4-5-7-17(14)26-19/h4-11,13H,1-3H3,(H,21,22). The number of amides is 1. The number of benzene rings is 1. The summed E-state index contributed by atoms with van der Waals surface area (Å²) in [6, 6.07) is 14.9. The van der Waals surface area contributed by atoms with Gasteiger partial charge in [0.1, 0.15) is 22.8 Å². The van der Waals surface area contributed by atoms with Crippen LogP contribution in [0.3, 0.4) is 0 Å². The fraction of sp³-hybridized carbons (Fsp3) is 0.200. The Morgan fingerprint density at radius 2 is 1.96 bits per heavy atom. The molecule has 0 fully saturated rings. The number of hydrogen-bond donors (Lipinski definition) is 1. The van der Waals surface area contributed by atoms with Crippen LogP contribution in [0.1, 0.15) is 35.0 Å². The SMILES string of the molecule is Cc1ccc(-c2cc(C(=O)N(C)C(C)c3cc4ccccc4o3)n[nH]2)o1. The molecule has 3 aromatic heterocycles. The first-order valence-electron chi connectivity index (χ1n) is 8.41. The number of nitrogens with one attached hydrogen (secondary N) is 1. The number of hydrogen-bond acceptors (Lipinski definition) is 4. The molecule has 1 N–H and O–H groups in total. The van der Waals surface area contributed by atoms with Crippen LogP contribution >= 0.6 is 0 Å². The maximum absolute atomic E-state index is 12.8. The summed E-state index contributed by atoms with van der Waals surface area (Å²) in [6.45, 7) is 3.80. The van der Waals surface area contributed by atoms with E-state index in [0.29, 0.717) is 17.1 Å². The van der Waals surface area contributed by atoms with Crippen LogP contribution in [0.2, 0.25) is 0 Å². The number of aryl methyl sites for hydroxylation is 1. The third-order valence-corrected chi connectivity index (χ3v) is 4.56. The first-order valence-corrected chi connectivity index (χ1v) is 8.41. The van der Waals surface area contributed by atoms with Gasteiger partial charge in [0.05, 0.1) is 6.04 Å². The van der Waals surface area contributed by atoms with Gasteiger partial charge in [0.15, 0.2) is 11.5 Å². The predicted molar refractivity (Wildman–Crippen MR) is 97.7 cm³/mol. The molecule has 4 rings (SSSR count). The van der Waals surface area contributed by atoms with Crippen molar-refractivity contribution in [2.24, 2.45) is 0 Å². The summed E-state index contributed by atoms with van der Waals surface area (Å²) in [6.07, 6.45) is 0. The lowest BCUT2D eigenvalue weighted by atomic mass is 10.2. The molecule has 132 valence electrons. The van der Waals surface area contributed by atoms with Crippen LogP contribution < -0.4 is 0 Å². The zero-order valence-corrected chi connectivity index (χ0v) is 14.8. The predicted octanol–water partition coefficient (Wildman–Crippen LogP) is 4.56. The van der Waals surface area contributed by atoms with E-state index in [1.807, 2.05) is 56.3 Å². The fourth-order valence-corrected chi connectivity index (χ4v) is 2.89. The molecule has 0 bridgehead atoms. The highest BCUT2D eigenvalue weighted by atomic mass is 16.3. The normalized spacial score (nSPS) is 12.4. The lowest BCUT2D eigenvalue weighted by molar-refractivity contribution is 0.0721. The average molecular weight is 349 g/mol. The molecule has 0 spiro atoms. The largest absolute Gasteiger partial charge is 0.460 e. The molecule has 1 aromatic carbocycles. The number of rotatable bonds is 4. The average Bonchev–Trinajstić information content (AvgIpc) is 3.37. The van der Waals surface area contributed by atoms with Gasteiger partial charge in [0.2, 0.25) is 0 Å². The Bertz CT molecular complexity index is 1040. The van der Waals surface area contributed by atoms with Gasteiger partial charge in [-0.05, 0) is 38.1 Å². The molecular formula is C20H19N3O3. The van der Waals surface area contributed by atoms with Gasteiger partial charge in [-0.1, -0.05) is 18.2 Å². The number of nitrogens with zero attached hydrogens (tertiary/aromatic N) is 2.